The summed E-state index contributed by atoms with van der Waals surface area (Å²) >= 11 is 0. The molecule has 3 aliphatic heterocycles. The molecule has 5 rings (SSSR count). The van der Waals surface area contributed by atoms with E-state index in [4.69, 9.17) is 0 Å². The molecule has 0 aliphatic carbocycles. The van der Waals surface area contributed by atoms with Crippen LogP contribution in [0.4, 0.5) is 16.2 Å². The number of amides is 2. The highest BCUT2D eigenvalue weighted by Gasteiger charge is 2.48. The Morgan fingerprint density at radius 1 is 1.13 bits per heavy atom. The molecule has 3 unspecified atom stereocenters. The highest BCUT2D eigenvalue weighted by molar-refractivity contribution is 5.90. The van der Waals surface area contributed by atoms with Crippen LogP contribution in [0, 0.1) is 6.92 Å². The third-order valence-corrected chi connectivity index (χ3v) is 7.65. The first-order valence-electron chi connectivity index (χ1n) is 11.4. The molecule has 5 nitrogen and oxygen atoms in total. The van der Waals surface area contributed by atoms with Gasteiger partial charge in [-0.05, 0) is 37.1 Å². The van der Waals surface area contributed by atoms with Crippen LogP contribution >= 0.6 is 0 Å². The summed E-state index contributed by atoms with van der Waals surface area (Å²) in [6, 6.07) is 16.2. The third-order valence-electron chi connectivity index (χ3n) is 7.65. The Bertz CT molecular complexity index is 927. The monoisotopic (exact) mass is 405 g/mol. The Kier molecular flexibility index (Phi) is 5.03. The van der Waals surface area contributed by atoms with Crippen molar-refractivity contribution in [2.75, 3.05) is 25.0 Å². The van der Waals surface area contributed by atoms with Crippen molar-refractivity contribution in [2.45, 2.75) is 58.3 Å². The van der Waals surface area contributed by atoms with E-state index >= 15 is 0 Å². The molecule has 2 aromatic rings. The molecule has 5 heteroatoms. The van der Waals surface area contributed by atoms with Gasteiger partial charge in [-0.1, -0.05) is 24.3 Å². The molecule has 0 radical (unpaired) electrons. The summed E-state index contributed by atoms with van der Waals surface area (Å²) in [5.41, 5.74) is 6.13. The second kappa shape index (κ2) is 7.71. The fraction of sp³-hybridized carbons (Fsp3) is 0.480. The Labute approximate surface area is 179 Å². The first-order chi connectivity index (χ1) is 14.6. The fourth-order valence-electron chi connectivity index (χ4n) is 6.11. The summed E-state index contributed by atoms with van der Waals surface area (Å²) in [7, 11) is 0. The lowest BCUT2D eigenvalue weighted by molar-refractivity contribution is 0.202. The van der Waals surface area contributed by atoms with E-state index < -0.39 is 0 Å². The maximum absolute atomic E-state index is 12.9. The minimum absolute atomic E-state index is 0.0169. The number of aryl methyl sites for hydroxylation is 1. The summed E-state index contributed by atoms with van der Waals surface area (Å²) in [5, 5.41) is 6.72. The Morgan fingerprint density at radius 2 is 1.90 bits per heavy atom. The van der Waals surface area contributed by atoms with Gasteiger partial charge in [-0.3, -0.25) is 4.48 Å². The maximum Gasteiger partial charge on any atom is 0.322 e. The van der Waals surface area contributed by atoms with Crippen molar-refractivity contribution in [3.05, 3.63) is 59.2 Å². The van der Waals surface area contributed by atoms with Gasteiger partial charge in [-0.2, -0.15) is 0 Å². The number of anilines is 1. The molecule has 0 saturated carbocycles. The van der Waals surface area contributed by atoms with E-state index in [0.717, 1.165) is 23.3 Å². The number of nitrogens with one attached hydrogen (secondary N) is 2. The standard InChI is InChI=1S/C25H32N4O/c1-18-14-22(27-25(30)28-16-20-7-3-4-8-21(20)17-28)9-10-24(18)29(13-5-6-19(29)2)23-11-12-26-15-23/h3-4,7-10,14,19,23,26H,5-6,11-13,15-17H2,1-2H3/p+1. The topological polar surface area (TPSA) is 44.4 Å². The van der Waals surface area contributed by atoms with Gasteiger partial charge < -0.3 is 15.5 Å². The Balaban J connectivity index is 1.35. The van der Waals surface area contributed by atoms with Crippen molar-refractivity contribution in [3.63, 3.8) is 0 Å². The number of benzene rings is 2. The average molecular weight is 406 g/mol. The van der Waals surface area contributed by atoms with E-state index in [1.54, 1.807) is 0 Å². The molecule has 2 aromatic carbocycles. The summed E-state index contributed by atoms with van der Waals surface area (Å²) in [4.78, 5) is 14.7. The normalized spacial score (nSPS) is 28.0. The van der Waals surface area contributed by atoms with Crippen LogP contribution in [0.3, 0.4) is 0 Å². The molecule has 158 valence electrons. The second-order valence-corrected chi connectivity index (χ2v) is 9.35. The molecule has 0 aromatic heterocycles. The molecular formula is C25H33N4O+. The van der Waals surface area contributed by atoms with Crippen molar-refractivity contribution in [1.82, 2.24) is 14.7 Å². The number of likely N-dealkylation sites (tertiary alicyclic amines) is 1. The lowest BCUT2D eigenvalue weighted by atomic mass is 10.0. The number of carbonyl (C=O) groups is 1. The predicted octanol–water partition coefficient (Wildman–Crippen LogP) is 4.39. The minimum atomic E-state index is -0.0169. The number of quaternary nitrogens is 1. The zero-order chi connectivity index (χ0) is 20.7. The molecule has 2 amide bonds. The lowest BCUT2D eigenvalue weighted by Gasteiger charge is -2.44. The van der Waals surface area contributed by atoms with Gasteiger partial charge in [0.25, 0.3) is 0 Å². The van der Waals surface area contributed by atoms with Crippen LogP contribution in [-0.4, -0.2) is 42.6 Å². The molecule has 30 heavy (non-hydrogen) atoms. The second-order valence-electron chi connectivity index (χ2n) is 9.35. The summed E-state index contributed by atoms with van der Waals surface area (Å²) in [6.45, 7) is 9.47. The molecule has 3 heterocycles. The molecule has 2 N–H and O–H groups in total. The Morgan fingerprint density at radius 3 is 2.50 bits per heavy atom. The third kappa shape index (κ3) is 3.21. The number of carbonyl (C=O) groups excluding carboxylic acids is 1. The van der Waals surface area contributed by atoms with Gasteiger partial charge >= 0.3 is 6.03 Å². The number of hydrogen-bond donors (Lipinski definition) is 2. The van der Waals surface area contributed by atoms with E-state index in [1.807, 2.05) is 17.0 Å². The van der Waals surface area contributed by atoms with Crippen LogP contribution in [0.15, 0.2) is 42.5 Å². The molecule has 3 atom stereocenters. The van der Waals surface area contributed by atoms with Gasteiger partial charge in [-0.25, -0.2) is 4.79 Å². The van der Waals surface area contributed by atoms with Gasteiger partial charge in [0.15, 0.2) is 0 Å². The van der Waals surface area contributed by atoms with Crippen molar-refractivity contribution in [2.24, 2.45) is 0 Å². The number of fused-ring (bicyclic) bond motifs is 1. The van der Waals surface area contributed by atoms with E-state index in [-0.39, 0.29) is 6.03 Å². The quantitative estimate of drug-likeness (QED) is 0.744. The first kappa shape index (κ1) is 19.6. The summed E-state index contributed by atoms with van der Waals surface area (Å²) < 4.78 is 1.11. The zero-order valence-corrected chi connectivity index (χ0v) is 18.2. The summed E-state index contributed by atoms with van der Waals surface area (Å²) in [6.07, 6.45) is 3.84. The molecule has 2 saturated heterocycles. The number of hydrogen-bond acceptors (Lipinski definition) is 2. The van der Waals surface area contributed by atoms with Crippen LogP contribution in [0.5, 0.6) is 0 Å². The van der Waals surface area contributed by atoms with E-state index in [0.29, 0.717) is 25.2 Å². The van der Waals surface area contributed by atoms with Crippen LogP contribution in [0.1, 0.15) is 42.9 Å². The van der Waals surface area contributed by atoms with Crippen molar-refractivity contribution >= 4 is 17.4 Å². The first-order valence-corrected chi connectivity index (χ1v) is 11.4. The van der Waals surface area contributed by atoms with Crippen LogP contribution in [0.25, 0.3) is 0 Å². The van der Waals surface area contributed by atoms with E-state index in [2.05, 4.69) is 54.8 Å². The van der Waals surface area contributed by atoms with Crippen molar-refractivity contribution in [3.8, 4) is 0 Å². The van der Waals surface area contributed by atoms with Crippen molar-refractivity contribution in [1.29, 1.82) is 0 Å². The van der Waals surface area contributed by atoms with Crippen LogP contribution in [-0.2, 0) is 13.1 Å². The van der Waals surface area contributed by atoms with Gasteiger partial charge in [0.2, 0.25) is 0 Å². The Hall–Kier alpha value is -2.37. The number of urea groups is 1. The van der Waals surface area contributed by atoms with Crippen molar-refractivity contribution < 1.29 is 4.79 Å². The summed E-state index contributed by atoms with van der Waals surface area (Å²) in [5.74, 6) is 0. The molecule has 0 bridgehead atoms. The molecule has 2 fully saturated rings. The van der Waals surface area contributed by atoms with E-state index in [9.17, 15) is 4.79 Å². The average Bonchev–Trinajstić information content (AvgIpc) is 3.48. The molecular weight excluding hydrogens is 372 g/mol. The van der Waals surface area contributed by atoms with E-state index in [1.165, 1.54) is 48.2 Å². The highest BCUT2D eigenvalue weighted by atomic mass is 16.2. The maximum atomic E-state index is 12.9. The SMILES string of the molecule is Cc1cc(NC(=O)N2Cc3ccccc3C2)ccc1[N+]1(C2CCNC2)CCCC1C. The van der Waals surface area contributed by atoms with Gasteiger partial charge in [0.1, 0.15) is 11.7 Å². The zero-order valence-electron chi connectivity index (χ0n) is 18.2. The number of rotatable bonds is 3. The number of nitrogens with zero attached hydrogens (tertiary/aromatic N) is 2. The highest BCUT2D eigenvalue weighted by Crippen LogP contribution is 2.41. The minimum Gasteiger partial charge on any atom is -0.316 e. The largest absolute Gasteiger partial charge is 0.322 e. The van der Waals surface area contributed by atoms with Gasteiger partial charge in [0, 0.05) is 62.8 Å². The lowest BCUT2D eigenvalue weighted by Crippen LogP contribution is -2.60. The molecule has 0 spiro atoms. The van der Waals surface area contributed by atoms with Crippen LogP contribution < -0.4 is 15.1 Å². The fourth-order valence-corrected chi connectivity index (χ4v) is 6.11. The smallest absolute Gasteiger partial charge is 0.316 e. The predicted molar refractivity (Wildman–Crippen MR) is 123 cm³/mol. The molecule has 3 aliphatic rings. The van der Waals surface area contributed by atoms with Gasteiger partial charge in [0.05, 0.1) is 12.6 Å². The van der Waals surface area contributed by atoms with Gasteiger partial charge in [-0.15, -0.1) is 0 Å². The van der Waals surface area contributed by atoms with Crippen LogP contribution in [0.2, 0.25) is 0 Å².